The standard InChI is InChI=1S/C20H28O/c1-12(2)15-6-9-18-16(19(15)21)7-8-17-14(4)13(3)10-11-20(17,18)5/h6,9,12,17,21H,7-8,10-11H2,1-5H3. The lowest BCUT2D eigenvalue weighted by molar-refractivity contribution is 0.253. The number of benzene rings is 1. The van der Waals surface area contributed by atoms with Crippen molar-refractivity contribution in [3.8, 4) is 5.75 Å². The maximum Gasteiger partial charge on any atom is 0.122 e. The van der Waals surface area contributed by atoms with Gasteiger partial charge in [-0.15, -0.1) is 0 Å². The molecule has 0 aliphatic heterocycles. The van der Waals surface area contributed by atoms with Gasteiger partial charge in [-0.1, -0.05) is 44.1 Å². The second-order valence-corrected chi connectivity index (χ2v) is 7.66. The van der Waals surface area contributed by atoms with E-state index in [2.05, 4.69) is 46.8 Å². The first-order valence-electron chi connectivity index (χ1n) is 8.37. The van der Waals surface area contributed by atoms with Gasteiger partial charge < -0.3 is 5.11 Å². The summed E-state index contributed by atoms with van der Waals surface area (Å²) in [6, 6.07) is 4.47. The Morgan fingerprint density at radius 1 is 1.19 bits per heavy atom. The minimum absolute atomic E-state index is 0.212. The molecule has 1 nitrogen and oxygen atoms in total. The monoisotopic (exact) mass is 284 g/mol. The lowest BCUT2D eigenvalue weighted by atomic mass is 9.56. The third-order valence-electron chi connectivity index (χ3n) is 6.22. The highest BCUT2D eigenvalue weighted by molar-refractivity contribution is 5.52. The minimum atomic E-state index is 0.212. The van der Waals surface area contributed by atoms with Gasteiger partial charge in [0.25, 0.3) is 0 Å². The average molecular weight is 284 g/mol. The largest absolute Gasteiger partial charge is 0.507 e. The molecule has 1 heteroatoms. The Bertz CT molecular complexity index is 609. The summed E-state index contributed by atoms with van der Waals surface area (Å²) in [7, 11) is 0. The molecule has 1 aromatic carbocycles. The zero-order valence-electron chi connectivity index (χ0n) is 14.1. The van der Waals surface area contributed by atoms with E-state index in [0.717, 1.165) is 12.0 Å². The lowest BCUT2D eigenvalue weighted by Gasteiger charge is -2.47. The van der Waals surface area contributed by atoms with Gasteiger partial charge in [0, 0.05) is 0 Å². The SMILES string of the molecule is CC1=C(C)C2CCc3c(ccc(C(C)C)c3O)C2(C)CC1. The topological polar surface area (TPSA) is 20.2 Å². The Morgan fingerprint density at radius 2 is 1.90 bits per heavy atom. The molecular weight excluding hydrogens is 256 g/mol. The number of fused-ring (bicyclic) bond motifs is 3. The Labute approximate surface area is 129 Å². The van der Waals surface area contributed by atoms with Crippen molar-refractivity contribution in [1.82, 2.24) is 0 Å². The summed E-state index contributed by atoms with van der Waals surface area (Å²) in [6.07, 6.45) is 4.62. The fraction of sp³-hybridized carbons (Fsp3) is 0.600. The highest BCUT2D eigenvalue weighted by Crippen LogP contribution is 2.53. The van der Waals surface area contributed by atoms with Crippen molar-refractivity contribution >= 4 is 0 Å². The minimum Gasteiger partial charge on any atom is -0.507 e. The van der Waals surface area contributed by atoms with E-state index in [1.54, 1.807) is 11.1 Å². The van der Waals surface area contributed by atoms with E-state index in [0.29, 0.717) is 17.6 Å². The van der Waals surface area contributed by atoms with Crippen LogP contribution in [0, 0.1) is 5.92 Å². The molecule has 2 aliphatic rings. The molecule has 1 N–H and O–H groups in total. The summed E-state index contributed by atoms with van der Waals surface area (Å²) in [5.41, 5.74) is 7.14. The van der Waals surface area contributed by atoms with Gasteiger partial charge in [-0.25, -0.2) is 0 Å². The van der Waals surface area contributed by atoms with Gasteiger partial charge >= 0.3 is 0 Å². The van der Waals surface area contributed by atoms with Crippen molar-refractivity contribution in [1.29, 1.82) is 0 Å². The van der Waals surface area contributed by atoms with Gasteiger partial charge in [0.2, 0.25) is 0 Å². The van der Waals surface area contributed by atoms with Crippen LogP contribution in [0.1, 0.15) is 76.5 Å². The molecule has 21 heavy (non-hydrogen) atoms. The molecule has 2 aliphatic carbocycles. The molecule has 0 aromatic heterocycles. The van der Waals surface area contributed by atoms with Crippen LogP contribution >= 0.6 is 0 Å². The maximum atomic E-state index is 10.7. The van der Waals surface area contributed by atoms with Crippen molar-refractivity contribution in [2.75, 3.05) is 0 Å². The first kappa shape index (κ1) is 14.7. The predicted molar refractivity (Wildman–Crippen MR) is 89.0 cm³/mol. The molecule has 3 rings (SSSR count). The lowest BCUT2D eigenvalue weighted by Crippen LogP contribution is -2.40. The Hall–Kier alpha value is -1.24. The van der Waals surface area contributed by atoms with Crippen molar-refractivity contribution in [3.63, 3.8) is 0 Å². The zero-order valence-corrected chi connectivity index (χ0v) is 14.1. The number of phenolic OH excluding ortho intramolecular Hbond substituents is 1. The molecule has 1 aromatic rings. The molecule has 0 saturated heterocycles. The summed E-state index contributed by atoms with van der Waals surface area (Å²) in [4.78, 5) is 0. The zero-order chi connectivity index (χ0) is 15.4. The van der Waals surface area contributed by atoms with Crippen LogP contribution in [0.5, 0.6) is 5.75 Å². The highest BCUT2D eigenvalue weighted by Gasteiger charge is 2.44. The van der Waals surface area contributed by atoms with Gasteiger partial charge in [-0.2, -0.15) is 0 Å². The molecular formula is C20H28O. The van der Waals surface area contributed by atoms with Gasteiger partial charge in [0.1, 0.15) is 5.75 Å². The smallest absolute Gasteiger partial charge is 0.122 e. The van der Waals surface area contributed by atoms with Gasteiger partial charge in [-0.05, 0) is 73.5 Å². The van der Waals surface area contributed by atoms with E-state index < -0.39 is 0 Å². The molecule has 0 spiro atoms. The van der Waals surface area contributed by atoms with Gasteiger partial charge in [0.05, 0.1) is 0 Å². The van der Waals surface area contributed by atoms with Crippen LogP contribution in [0.25, 0.3) is 0 Å². The number of allylic oxidation sites excluding steroid dienone is 2. The second kappa shape index (κ2) is 4.90. The average Bonchev–Trinajstić information content (AvgIpc) is 2.44. The van der Waals surface area contributed by atoms with E-state index in [4.69, 9.17) is 0 Å². The van der Waals surface area contributed by atoms with E-state index in [1.165, 1.54) is 30.4 Å². The van der Waals surface area contributed by atoms with E-state index in [1.807, 2.05) is 0 Å². The first-order chi connectivity index (χ1) is 9.86. The fourth-order valence-corrected chi connectivity index (χ4v) is 4.65. The number of hydrogen-bond acceptors (Lipinski definition) is 1. The van der Waals surface area contributed by atoms with Crippen LogP contribution in [-0.2, 0) is 11.8 Å². The van der Waals surface area contributed by atoms with Crippen molar-refractivity contribution in [3.05, 3.63) is 40.0 Å². The quantitative estimate of drug-likeness (QED) is 0.678. The Kier molecular flexibility index (Phi) is 3.43. The summed E-state index contributed by atoms with van der Waals surface area (Å²) in [5.74, 6) is 1.62. The second-order valence-electron chi connectivity index (χ2n) is 7.66. The number of hydrogen-bond donors (Lipinski definition) is 1. The van der Waals surface area contributed by atoms with E-state index in [-0.39, 0.29) is 5.41 Å². The summed E-state index contributed by atoms with van der Waals surface area (Å²) in [5, 5.41) is 10.7. The maximum absolute atomic E-state index is 10.7. The molecule has 0 heterocycles. The van der Waals surface area contributed by atoms with Crippen LogP contribution in [0.2, 0.25) is 0 Å². The highest BCUT2D eigenvalue weighted by atomic mass is 16.3. The molecule has 2 unspecified atom stereocenters. The molecule has 114 valence electrons. The Balaban J connectivity index is 2.14. The molecule has 2 atom stereocenters. The van der Waals surface area contributed by atoms with Gasteiger partial charge in [0.15, 0.2) is 0 Å². The normalized spacial score (nSPS) is 28.6. The third-order valence-corrected chi connectivity index (χ3v) is 6.22. The van der Waals surface area contributed by atoms with Gasteiger partial charge in [-0.3, -0.25) is 0 Å². The molecule has 0 radical (unpaired) electrons. The van der Waals surface area contributed by atoms with Crippen molar-refractivity contribution in [2.45, 2.75) is 71.6 Å². The summed E-state index contributed by atoms with van der Waals surface area (Å²) >= 11 is 0. The third kappa shape index (κ3) is 2.05. The molecule has 0 saturated carbocycles. The van der Waals surface area contributed by atoms with Crippen molar-refractivity contribution < 1.29 is 5.11 Å². The predicted octanol–water partition coefficient (Wildman–Crippen LogP) is 5.47. The van der Waals surface area contributed by atoms with E-state index >= 15 is 0 Å². The Morgan fingerprint density at radius 3 is 2.57 bits per heavy atom. The number of rotatable bonds is 1. The van der Waals surface area contributed by atoms with Crippen LogP contribution in [0.15, 0.2) is 23.3 Å². The van der Waals surface area contributed by atoms with Crippen LogP contribution in [-0.4, -0.2) is 5.11 Å². The molecule has 0 fully saturated rings. The molecule has 0 bridgehead atoms. The van der Waals surface area contributed by atoms with E-state index in [9.17, 15) is 5.11 Å². The van der Waals surface area contributed by atoms with Crippen LogP contribution in [0.3, 0.4) is 0 Å². The number of phenols is 1. The molecule has 0 amide bonds. The van der Waals surface area contributed by atoms with Crippen molar-refractivity contribution in [2.24, 2.45) is 5.92 Å². The fourth-order valence-electron chi connectivity index (χ4n) is 4.65. The van der Waals surface area contributed by atoms with Crippen LogP contribution in [0.4, 0.5) is 0 Å². The van der Waals surface area contributed by atoms with Crippen LogP contribution < -0.4 is 0 Å². The first-order valence-corrected chi connectivity index (χ1v) is 8.37. The summed E-state index contributed by atoms with van der Waals surface area (Å²) < 4.78 is 0. The summed E-state index contributed by atoms with van der Waals surface area (Å²) in [6.45, 7) is 11.4. The number of aromatic hydroxyl groups is 1.